The lowest BCUT2D eigenvalue weighted by molar-refractivity contribution is 0.131. The van der Waals surface area contributed by atoms with Crippen molar-refractivity contribution in [2.75, 3.05) is 6.61 Å². The van der Waals surface area contributed by atoms with Gasteiger partial charge in [-0.2, -0.15) is 0 Å². The number of rotatable bonds is 6. The second kappa shape index (κ2) is 7.43. The van der Waals surface area contributed by atoms with Crippen molar-refractivity contribution < 1.29 is 19.0 Å². The Labute approximate surface area is 141 Å². The van der Waals surface area contributed by atoms with Crippen LogP contribution >= 0.6 is 0 Å². The fraction of sp³-hybridized carbons (Fsp3) is 0.421. The molecule has 0 bridgehead atoms. The SMILES string of the molecule is CC/C=C/CCOc1c(O)c2ccc(OC(C)(C)C)cc2oc1=O. The summed E-state index contributed by atoms with van der Waals surface area (Å²) in [5.41, 5.74) is -0.810. The molecule has 1 aromatic carbocycles. The van der Waals surface area contributed by atoms with Gasteiger partial charge in [0.1, 0.15) is 16.9 Å². The highest BCUT2D eigenvalue weighted by Crippen LogP contribution is 2.34. The van der Waals surface area contributed by atoms with Crippen molar-refractivity contribution in [2.24, 2.45) is 0 Å². The number of allylic oxidation sites excluding steroid dienone is 1. The van der Waals surface area contributed by atoms with E-state index in [1.165, 1.54) is 0 Å². The Morgan fingerprint density at radius 1 is 1.25 bits per heavy atom. The molecule has 24 heavy (non-hydrogen) atoms. The maximum Gasteiger partial charge on any atom is 0.383 e. The van der Waals surface area contributed by atoms with E-state index in [1.807, 2.05) is 39.8 Å². The molecule has 2 aromatic rings. The minimum atomic E-state index is -0.702. The van der Waals surface area contributed by atoms with Crippen molar-refractivity contribution in [3.8, 4) is 17.2 Å². The maximum atomic E-state index is 12.1. The molecule has 0 atom stereocenters. The van der Waals surface area contributed by atoms with Crippen LogP contribution in [0.25, 0.3) is 11.0 Å². The average molecular weight is 332 g/mol. The van der Waals surface area contributed by atoms with Gasteiger partial charge in [0.15, 0.2) is 5.75 Å². The van der Waals surface area contributed by atoms with Crippen molar-refractivity contribution in [3.05, 3.63) is 40.8 Å². The predicted octanol–water partition coefficient (Wildman–Crippen LogP) is 4.41. The summed E-state index contributed by atoms with van der Waals surface area (Å²) in [6.07, 6.45) is 5.59. The molecule has 130 valence electrons. The first kappa shape index (κ1) is 17.9. The Morgan fingerprint density at radius 3 is 2.67 bits per heavy atom. The third-order valence-corrected chi connectivity index (χ3v) is 3.17. The van der Waals surface area contributed by atoms with Crippen LogP contribution in [0.5, 0.6) is 17.2 Å². The Kier molecular flexibility index (Phi) is 5.54. The number of ether oxygens (including phenoxy) is 2. The van der Waals surface area contributed by atoms with Gasteiger partial charge in [0.05, 0.1) is 12.0 Å². The number of fused-ring (bicyclic) bond motifs is 1. The molecule has 5 nitrogen and oxygen atoms in total. The number of hydrogen-bond donors (Lipinski definition) is 1. The number of benzene rings is 1. The van der Waals surface area contributed by atoms with Crippen LogP contribution in [0.1, 0.15) is 40.5 Å². The zero-order valence-corrected chi connectivity index (χ0v) is 14.6. The molecule has 1 heterocycles. The molecule has 0 fully saturated rings. The Bertz CT molecular complexity index is 781. The first-order valence-electron chi connectivity index (χ1n) is 8.08. The Hall–Kier alpha value is -2.43. The van der Waals surface area contributed by atoms with Gasteiger partial charge in [-0.15, -0.1) is 0 Å². The summed E-state index contributed by atoms with van der Waals surface area (Å²) in [5.74, 6) is 0.204. The molecule has 0 radical (unpaired) electrons. The summed E-state index contributed by atoms with van der Waals surface area (Å²) in [7, 11) is 0. The van der Waals surface area contributed by atoms with E-state index in [0.29, 0.717) is 24.2 Å². The van der Waals surface area contributed by atoms with Gasteiger partial charge in [0.25, 0.3) is 0 Å². The van der Waals surface area contributed by atoms with Gasteiger partial charge in [-0.1, -0.05) is 19.1 Å². The first-order chi connectivity index (χ1) is 11.3. The normalized spacial score (nSPS) is 12.0. The van der Waals surface area contributed by atoms with E-state index in [-0.39, 0.29) is 22.7 Å². The Morgan fingerprint density at radius 2 is 2.00 bits per heavy atom. The zero-order chi connectivity index (χ0) is 17.7. The fourth-order valence-electron chi connectivity index (χ4n) is 2.21. The summed E-state index contributed by atoms with van der Waals surface area (Å²) >= 11 is 0. The second-order valence-electron chi connectivity index (χ2n) is 6.46. The third kappa shape index (κ3) is 4.54. The molecular formula is C19H24O5. The van der Waals surface area contributed by atoms with E-state index in [1.54, 1.807) is 18.2 Å². The van der Waals surface area contributed by atoms with Gasteiger partial charge in [-0.3, -0.25) is 0 Å². The van der Waals surface area contributed by atoms with Gasteiger partial charge in [-0.25, -0.2) is 4.79 Å². The number of aromatic hydroxyl groups is 1. The summed E-state index contributed by atoms with van der Waals surface area (Å²) in [4.78, 5) is 12.1. The van der Waals surface area contributed by atoms with Gasteiger partial charge in [0, 0.05) is 6.07 Å². The lowest BCUT2D eigenvalue weighted by Gasteiger charge is -2.21. The molecule has 0 unspecified atom stereocenters. The van der Waals surface area contributed by atoms with Crippen LogP contribution in [-0.4, -0.2) is 17.3 Å². The third-order valence-electron chi connectivity index (χ3n) is 3.17. The minimum absolute atomic E-state index is 0.156. The van der Waals surface area contributed by atoms with Crippen LogP contribution in [0, 0.1) is 0 Å². The highest BCUT2D eigenvalue weighted by Gasteiger charge is 2.17. The molecule has 1 N–H and O–H groups in total. The van der Waals surface area contributed by atoms with Crippen molar-refractivity contribution >= 4 is 11.0 Å². The summed E-state index contributed by atoms with van der Waals surface area (Å²) in [5, 5.41) is 10.7. The molecule has 5 heteroatoms. The van der Waals surface area contributed by atoms with Gasteiger partial charge >= 0.3 is 5.63 Å². The van der Waals surface area contributed by atoms with Crippen molar-refractivity contribution in [2.45, 2.75) is 46.1 Å². The topological polar surface area (TPSA) is 68.9 Å². The molecule has 0 aliphatic heterocycles. The molecule has 0 saturated carbocycles. The van der Waals surface area contributed by atoms with E-state index in [0.717, 1.165) is 6.42 Å². The van der Waals surface area contributed by atoms with E-state index in [4.69, 9.17) is 13.9 Å². The molecule has 0 spiro atoms. The molecule has 0 aliphatic rings. The molecule has 0 aliphatic carbocycles. The average Bonchev–Trinajstić information content (AvgIpc) is 2.48. The smallest absolute Gasteiger partial charge is 0.383 e. The predicted molar refractivity (Wildman–Crippen MR) is 94.1 cm³/mol. The van der Waals surface area contributed by atoms with Crippen LogP contribution in [0.2, 0.25) is 0 Å². The van der Waals surface area contributed by atoms with Gasteiger partial charge in [-0.05, 0) is 45.7 Å². The van der Waals surface area contributed by atoms with E-state index < -0.39 is 5.63 Å². The van der Waals surface area contributed by atoms with Crippen molar-refractivity contribution in [1.29, 1.82) is 0 Å². The largest absolute Gasteiger partial charge is 0.504 e. The lowest BCUT2D eigenvalue weighted by Crippen LogP contribution is -2.22. The molecule has 0 amide bonds. The van der Waals surface area contributed by atoms with Crippen LogP contribution < -0.4 is 15.1 Å². The summed E-state index contributed by atoms with van der Waals surface area (Å²) in [6.45, 7) is 8.11. The van der Waals surface area contributed by atoms with E-state index in [2.05, 4.69) is 0 Å². The number of hydrogen-bond acceptors (Lipinski definition) is 5. The highest BCUT2D eigenvalue weighted by atomic mass is 16.5. The van der Waals surface area contributed by atoms with Crippen LogP contribution in [0.15, 0.2) is 39.6 Å². The quantitative estimate of drug-likeness (QED) is 0.482. The van der Waals surface area contributed by atoms with Crippen LogP contribution in [-0.2, 0) is 0 Å². The Balaban J connectivity index is 2.28. The molecule has 1 aromatic heterocycles. The van der Waals surface area contributed by atoms with E-state index >= 15 is 0 Å². The molecular weight excluding hydrogens is 308 g/mol. The minimum Gasteiger partial charge on any atom is -0.504 e. The lowest BCUT2D eigenvalue weighted by atomic mass is 10.1. The van der Waals surface area contributed by atoms with E-state index in [9.17, 15) is 9.90 Å². The molecule has 2 rings (SSSR count). The highest BCUT2D eigenvalue weighted by molar-refractivity contribution is 5.86. The standard InChI is InChI=1S/C19H24O5/c1-5-6-7-8-11-22-17-16(20)14-10-9-13(24-19(2,3)4)12-15(14)23-18(17)21/h6-7,9-10,12,20H,5,8,11H2,1-4H3/b7-6+. The summed E-state index contributed by atoms with van der Waals surface area (Å²) < 4.78 is 16.4. The maximum absolute atomic E-state index is 12.1. The fourth-order valence-corrected chi connectivity index (χ4v) is 2.21. The second-order valence-corrected chi connectivity index (χ2v) is 6.46. The monoisotopic (exact) mass is 332 g/mol. The van der Waals surface area contributed by atoms with Crippen LogP contribution in [0.3, 0.4) is 0 Å². The first-order valence-corrected chi connectivity index (χ1v) is 8.08. The van der Waals surface area contributed by atoms with Crippen molar-refractivity contribution in [3.63, 3.8) is 0 Å². The van der Waals surface area contributed by atoms with Gasteiger partial charge < -0.3 is 19.0 Å². The van der Waals surface area contributed by atoms with Crippen molar-refractivity contribution in [1.82, 2.24) is 0 Å². The van der Waals surface area contributed by atoms with Gasteiger partial charge in [0.2, 0.25) is 5.75 Å². The van der Waals surface area contributed by atoms with Crippen LogP contribution in [0.4, 0.5) is 0 Å². The molecule has 0 saturated heterocycles. The summed E-state index contributed by atoms with van der Waals surface area (Å²) in [6, 6.07) is 4.97. The zero-order valence-electron chi connectivity index (χ0n) is 14.6.